The number of fused-ring (bicyclic) bond motifs is 1. The van der Waals surface area contributed by atoms with Crippen LogP contribution in [0.5, 0.6) is 0 Å². The number of aromatic nitrogens is 3. The molecule has 0 atom stereocenters. The van der Waals surface area contributed by atoms with Crippen molar-refractivity contribution < 1.29 is 4.92 Å². The summed E-state index contributed by atoms with van der Waals surface area (Å²) in [6.45, 7) is 0. The van der Waals surface area contributed by atoms with Crippen LogP contribution in [0, 0.1) is 10.1 Å². The molecule has 0 fully saturated rings. The first-order valence-corrected chi connectivity index (χ1v) is 9.53. The lowest BCUT2D eigenvalue weighted by Gasteiger charge is -1.99. The molecule has 4 rings (SSSR count). The maximum absolute atomic E-state index is 10.8. The second-order valence-corrected chi connectivity index (χ2v) is 7.78. The van der Waals surface area contributed by atoms with Gasteiger partial charge in [0.25, 0.3) is 5.69 Å². The SMILES string of the molecule is O=[N+]([O-])c1ccc(-c2nc3sc(Cc4ccc(Cl)cc4)nn3c2Br)cc1. The molecule has 0 N–H and O–H groups in total. The molecular formula is C17H10BrClN4O2S. The Bertz CT molecular complexity index is 1110. The molecule has 0 bridgehead atoms. The van der Waals surface area contributed by atoms with E-state index in [1.54, 1.807) is 16.6 Å². The van der Waals surface area contributed by atoms with Crippen LogP contribution >= 0.6 is 38.9 Å². The molecule has 0 spiro atoms. The van der Waals surface area contributed by atoms with Gasteiger partial charge in [-0.05, 0) is 45.8 Å². The van der Waals surface area contributed by atoms with Gasteiger partial charge in [0.2, 0.25) is 4.96 Å². The highest BCUT2D eigenvalue weighted by atomic mass is 79.9. The summed E-state index contributed by atoms with van der Waals surface area (Å²) in [6.07, 6.45) is 0.699. The van der Waals surface area contributed by atoms with E-state index in [9.17, 15) is 10.1 Å². The van der Waals surface area contributed by atoms with Crippen LogP contribution in [0.3, 0.4) is 0 Å². The van der Waals surface area contributed by atoms with Crippen molar-refractivity contribution in [1.82, 2.24) is 14.6 Å². The second kappa shape index (κ2) is 6.79. The number of hydrogen-bond donors (Lipinski definition) is 0. The summed E-state index contributed by atoms with van der Waals surface area (Å²) in [7, 11) is 0. The summed E-state index contributed by atoms with van der Waals surface area (Å²) in [5, 5.41) is 17.0. The van der Waals surface area contributed by atoms with Crippen LogP contribution in [0.1, 0.15) is 10.6 Å². The summed E-state index contributed by atoms with van der Waals surface area (Å²) in [5.74, 6) is 0. The highest BCUT2D eigenvalue weighted by molar-refractivity contribution is 9.10. The average molecular weight is 450 g/mol. The number of imidazole rings is 1. The van der Waals surface area contributed by atoms with Crippen LogP contribution in [0.25, 0.3) is 16.2 Å². The zero-order valence-corrected chi connectivity index (χ0v) is 16.3. The largest absolute Gasteiger partial charge is 0.269 e. The van der Waals surface area contributed by atoms with Gasteiger partial charge >= 0.3 is 0 Å². The lowest BCUT2D eigenvalue weighted by atomic mass is 10.1. The minimum atomic E-state index is -0.421. The van der Waals surface area contributed by atoms with E-state index in [-0.39, 0.29) is 5.69 Å². The lowest BCUT2D eigenvalue weighted by molar-refractivity contribution is -0.384. The van der Waals surface area contributed by atoms with Gasteiger partial charge in [-0.15, -0.1) is 0 Å². The predicted octanol–water partition coefficient (Wildman–Crippen LogP) is 5.37. The molecule has 130 valence electrons. The quantitative estimate of drug-likeness (QED) is 0.310. The van der Waals surface area contributed by atoms with Crippen LogP contribution in [0.4, 0.5) is 5.69 Å². The molecule has 0 aliphatic rings. The number of nitro benzene ring substituents is 1. The first kappa shape index (κ1) is 17.1. The van der Waals surface area contributed by atoms with E-state index >= 15 is 0 Å². The van der Waals surface area contributed by atoms with Crippen molar-refractivity contribution in [3.05, 3.63) is 78.8 Å². The Hall–Kier alpha value is -2.29. The summed E-state index contributed by atoms with van der Waals surface area (Å²) in [4.78, 5) is 15.7. The van der Waals surface area contributed by atoms with Crippen LogP contribution < -0.4 is 0 Å². The Morgan fingerprint density at radius 1 is 1.15 bits per heavy atom. The van der Waals surface area contributed by atoms with Gasteiger partial charge in [0.15, 0.2) is 0 Å². The van der Waals surface area contributed by atoms with Crippen molar-refractivity contribution in [1.29, 1.82) is 0 Å². The van der Waals surface area contributed by atoms with Crippen LogP contribution in [-0.2, 0) is 6.42 Å². The third kappa shape index (κ3) is 3.23. The molecule has 6 nitrogen and oxygen atoms in total. The van der Waals surface area contributed by atoms with Crippen molar-refractivity contribution in [3.8, 4) is 11.3 Å². The van der Waals surface area contributed by atoms with E-state index in [0.29, 0.717) is 17.1 Å². The standard InChI is InChI=1S/C17H10BrClN4O2S/c18-16-15(11-3-7-13(8-4-11)23(24)25)20-17-22(16)21-14(26-17)9-10-1-5-12(19)6-2-10/h1-8H,9H2. The number of benzene rings is 2. The Kier molecular flexibility index (Phi) is 4.47. The summed E-state index contributed by atoms with van der Waals surface area (Å²) in [5.41, 5.74) is 2.67. The summed E-state index contributed by atoms with van der Waals surface area (Å²) in [6, 6.07) is 14.0. The van der Waals surface area contributed by atoms with Gasteiger partial charge in [-0.2, -0.15) is 9.61 Å². The van der Waals surface area contributed by atoms with E-state index in [2.05, 4.69) is 26.0 Å². The van der Waals surface area contributed by atoms with Crippen molar-refractivity contribution in [2.24, 2.45) is 0 Å². The molecular weight excluding hydrogens is 440 g/mol. The van der Waals surface area contributed by atoms with Crippen molar-refractivity contribution in [3.63, 3.8) is 0 Å². The molecule has 2 heterocycles. The van der Waals surface area contributed by atoms with Crippen molar-refractivity contribution in [2.75, 3.05) is 0 Å². The van der Waals surface area contributed by atoms with E-state index in [4.69, 9.17) is 11.6 Å². The number of nitro groups is 1. The third-order valence-electron chi connectivity index (χ3n) is 3.81. The fraction of sp³-hybridized carbons (Fsp3) is 0.0588. The van der Waals surface area contributed by atoms with Gasteiger partial charge in [-0.25, -0.2) is 4.98 Å². The lowest BCUT2D eigenvalue weighted by Crippen LogP contribution is -1.91. The molecule has 2 aromatic carbocycles. The smallest absolute Gasteiger partial charge is 0.258 e. The Morgan fingerprint density at radius 2 is 1.85 bits per heavy atom. The zero-order valence-electron chi connectivity index (χ0n) is 13.1. The number of halogens is 2. The van der Waals surface area contributed by atoms with E-state index in [0.717, 1.165) is 25.7 Å². The number of rotatable bonds is 4. The molecule has 0 unspecified atom stereocenters. The van der Waals surface area contributed by atoms with E-state index in [1.807, 2.05) is 24.3 Å². The van der Waals surface area contributed by atoms with Gasteiger partial charge in [0, 0.05) is 29.1 Å². The maximum atomic E-state index is 10.8. The minimum absolute atomic E-state index is 0.0502. The van der Waals surface area contributed by atoms with Crippen molar-refractivity contribution >= 4 is 49.5 Å². The first-order valence-electron chi connectivity index (χ1n) is 7.54. The first-order chi connectivity index (χ1) is 12.5. The second-order valence-electron chi connectivity index (χ2n) is 5.55. The number of nitrogens with zero attached hydrogens (tertiary/aromatic N) is 4. The average Bonchev–Trinajstić information content (AvgIpc) is 3.16. The number of non-ortho nitro benzene ring substituents is 1. The van der Waals surface area contributed by atoms with Gasteiger partial charge in [0.05, 0.1) is 4.92 Å². The fourth-order valence-electron chi connectivity index (χ4n) is 2.54. The van der Waals surface area contributed by atoms with Gasteiger partial charge < -0.3 is 0 Å². The monoisotopic (exact) mass is 448 g/mol. The molecule has 0 aliphatic carbocycles. The topological polar surface area (TPSA) is 73.3 Å². The molecule has 26 heavy (non-hydrogen) atoms. The Labute approximate surface area is 165 Å². The van der Waals surface area contributed by atoms with Crippen molar-refractivity contribution in [2.45, 2.75) is 6.42 Å². The van der Waals surface area contributed by atoms with Gasteiger partial charge in [0.1, 0.15) is 15.3 Å². The minimum Gasteiger partial charge on any atom is -0.258 e. The number of hydrogen-bond acceptors (Lipinski definition) is 5. The Balaban J connectivity index is 1.64. The third-order valence-corrected chi connectivity index (χ3v) is 5.68. The molecule has 9 heteroatoms. The van der Waals surface area contributed by atoms with E-state index < -0.39 is 4.92 Å². The van der Waals surface area contributed by atoms with Crippen LogP contribution in [0.15, 0.2) is 53.1 Å². The maximum Gasteiger partial charge on any atom is 0.269 e. The predicted molar refractivity (Wildman–Crippen MR) is 105 cm³/mol. The zero-order chi connectivity index (χ0) is 18.3. The fourth-order valence-corrected chi connectivity index (χ4v) is 4.27. The normalized spacial score (nSPS) is 11.2. The van der Waals surface area contributed by atoms with E-state index in [1.165, 1.54) is 23.5 Å². The van der Waals surface area contributed by atoms with Gasteiger partial charge in [-0.1, -0.05) is 35.1 Å². The van der Waals surface area contributed by atoms with Crippen LogP contribution in [-0.4, -0.2) is 19.5 Å². The highest BCUT2D eigenvalue weighted by Crippen LogP contribution is 2.32. The highest BCUT2D eigenvalue weighted by Gasteiger charge is 2.17. The molecule has 4 aromatic rings. The molecule has 0 aliphatic heterocycles. The molecule has 0 saturated carbocycles. The Morgan fingerprint density at radius 3 is 2.46 bits per heavy atom. The van der Waals surface area contributed by atoms with Crippen LogP contribution in [0.2, 0.25) is 5.02 Å². The summed E-state index contributed by atoms with van der Waals surface area (Å²) >= 11 is 11.0. The summed E-state index contributed by atoms with van der Waals surface area (Å²) < 4.78 is 2.46. The molecule has 0 radical (unpaired) electrons. The molecule has 2 aromatic heterocycles. The molecule has 0 amide bonds. The molecule has 0 saturated heterocycles. The van der Waals surface area contributed by atoms with Gasteiger partial charge in [-0.3, -0.25) is 10.1 Å².